The van der Waals surface area contributed by atoms with Crippen LogP contribution in [0.5, 0.6) is 0 Å². The number of rotatable bonds is 10. The third kappa shape index (κ3) is 5.28. The molecular formula is C29H31N7O. The van der Waals surface area contributed by atoms with E-state index < -0.39 is 0 Å². The van der Waals surface area contributed by atoms with Gasteiger partial charge in [0.1, 0.15) is 0 Å². The SMILES string of the molecule is CCCCc1c(C)n(CCc2ccccc2)c(=O)n1Cc1ccc(-c2ncccc2-c2nn[nH]n2)cc1. The minimum atomic E-state index is 0.0627. The van der Waals surface area contributed by atoms with Gasteiger partial charge in [-0.15, -0.1) is 10.2 Å². The Kier molecular flexibility index (Phi) is 7.35. The number of hydrogen-bond donors (Lipinski definition) is 1. The number of aryl methyl sites for hydroxylation is 1. The van der Waals surface area contributed by atoms with Gasteiger partial charge in [0, 0.05) is 35.3 Å². The van der Waals surface area contributed by atoms with Crippen molar-refractivity contribution in [1.82, 2.24) is 34.7 Å². The fourth-order valence-electron chi connectivity index (χ4n) is 4.77. The fourth-order valence-corrected chi connectivity index (χ4v) is 4.77. The van der Waals surface area contributed by atoms with E-state index in [0.717, 1.165) is 59.5 Å². The fraction of sp³-hybridized carbons (Fsp3) is 0.276. The Morgan fingerprint density at radius 2 is 1.70 bits per heavy atom. The van der Waals surface area contributed by atoms with E-state index in [2.05, 4.69) is 63.7 Å². The smallest absolute Gasteiger partial charge is 0.296 e. The Morgan fingerprint density at radius 3 is 2.43 bits per heavy atom. The Hall–Kier alpha value is -4.33. The van der Waals surface area contributed by atoms with Gasteiger partial charge >= 0.3 is 5.69 Å². The minimum absolute atomic E-state index is 0.0627. The average molecular weight is 494 g/mol. The van der Waals surface area contributed by atoms with Crippen molar-refractivity contribution in [3.63, 3.8) is 0 Å². The van der Waals surface area contributed by atoms with Crippen LogP contribution in [0.4, 0.5) is 0 Å². The molecule has 3 aromatic heterocycles. The summed E-state index contributed by atoms with van der Waals surface area (Å²) in [6.07, 6.45) is 5.63. The number of unbranched alkanes of at least 4 members (excludes halogenated alkanes) is 1. The van der Waals surface area contributed by atoms with Crippen LogP contribution in [-0.2, 0) is 25.9 Å². The van der Waals surface area contributed by atoms with E-state index in [1.807, 2.05) is 51.6 Å². The van der Waals surface area contributed by atoms with Crippen molar-refractivity contribution >= 4 is 0 Å². The molecule has 1 N–H and O–H groups in total. The lowest BCUT2D eigenvalue weighted by molar-refractivity contribution is 0.620. The number of benzene rings is 2. The summed E-state index contributed by atoms with van der Waals surface area (Å²) < 4.78 is 3.90. The number of imidazole rings is 1. The summed E-state index contributed by atoms with van der Waals surface area (Å²) in [5.74, 6) is 0.506. The largest absolute Gasteiger partial charge is 0.328 e. The highest BCUT2D eigenvalue weighted by Crippen LogP contribution is 2.27. The normalized spacial score (nSPS) is 11.2. The van der Waals surface area contributed by atoms with Gasteiger partial charge in [-0.25, -0.2) is 4.79 Å². The summed E-state index contributed by atoms with van der Waals surface area (Å²) in [5.41, 5.74) is 7.14. The summed E-state index contributed by atoms with van der Waals surface area (Å²) in [7, 11) is 0. The first-order valence-corrected chi connectivity index (χ1v) is 12.8. The molecule has 0 radical (unpaired) electrons. The highest BCUT2D eigenvalue weighted by atomic mass is 16.1. The summed E-state index contributed by atoms with van der Waals surface area (Å²) in [5, 5.41) is 14.4. The number of aromatic amines is 1. The Bertz CT molecular complexity index is 1500. The van der Waals surface area contributed by atoms with Gasteiger partial charge in [0.25, 0.3) is 0 Å². The van der Waals surface area contributed by atoms with Crippen molar-refractivity contribution in [3.8, 4) is 22.6 Å². The van der Waals surface area contributed by atoms with E-state index in [0.29, 0.717) is 18.9 Å². The molecule has 0 aliphatic rings. The molecule has 0 saturated heterocycles. The van der Waals surface area contributed by atoms with Crippen LogP contribution >= 0.6 is 0 Å². The van der Waals surface area contributed by atoms with Crippen molar-refractivity contribution in [2.75, 3.05) is 0 Å². The second-order valence-electron chi connectivity index (χ2n) is 9.22. The van der Waals surface area contributed by atoms with E-state index in [4.69, 9.17) is 0 Å². The van der Waals surface area contributed by atoms with Gasteiger partial charge in [0.15, 0.2) is 0 Å². The third-order valence-corrected chi connectivity index (χ3v) is 6.81. The third-order valence-electron chi connectivity index (χ3n) is 6.81. The predicted molar refractivity (Wildman–Crippen MR) is 144 cm³/mol. The number of H-pyrrole nitrogens is 1. The first kappa shape index (κ1) is 24.4. The van der Waals surface area contributed by atoms with E-state index in [-0.39, 0.29) is 5.69 Å². The maximum absolute atomic E-state index is 13.6. The van der Waals surface area contributed by atoms with Crippen LogP contribution < -0.4 is 5.69 Å². The van der Waals surface area contributed by atoms with E-state index >= 15 is 0 Å². The number of hydrogen-bond acceptors (Lipinski definition) is 5. The second kappa shape index (κ2) is 11.2. The molecule has 0 amide bonds. The highest BCUT2D eigenvalue weighted by molar-refractivity contribution is 5.76. The van der Waals surface area contributed by atoms with Crippen molar-refractivity contribution < 1.29 is 0 Å². The molecule has 2 aromatic carbocycles. The van der Waals surface area contributed by atoms with Crippen molar-refractivity contribution in [1.29, 1.82) is 0 Å². The Balaban J connectivity index is 1.42. The van der Waals surface area contributed by atoms with Gasteiger partial charge in [0.2, 0.25) is 5.82 Å². The lowest BCUT2D eigenvalue weighted by atomic mass is 10.0. The van der Waals surface area contributed by atoms with Gasteiger partial charge in [-0.3, -0.25) is 14.1 Å². The van der Waals surface area contributed by atoms with Crippen LogP contribution in [0.15, 0.2) is 77.7 Å². The van der Waals surface area contributed by atoms with Crippen LogP contribution in [0.25, 0.3) is 22.6 Å². The zero-order chi connectivity index (χ0) is 25.6. The quantitative estimate of drug-likeness (QED) is 0.301. The van der Waals surface area contributed by atoms with Crippen LogP contribution in [0.3, 0.4) is 0 Å². The summed E-state index contributed by atoms with van der Waals surface area (Å²) >= 11 is 0. The molecule has 0 bridgehead atoms. The number of aromatic nitrogens is 7. The number of nitrogens with zero attached hydrogens (tertiary/aromatic N) is 6. The van der Waals surface area contributed by atoms with Gasteiger partial charge in [0.05, 0.1) is 12.2 Å². The van der Waals surface area contributed by atoms with Crippen molar-refractivity contribution in [2.24, 2.45) is 0 Å². The number of nitrogens with one attached hydrogen (secondary N) is 1. The van der Waals surface area contributed by atoms with Crippen LogP contribution in [0.2, 0.25) is 0 Å². The maximum atomic E-state index is 13.6. The minimum Gasteiger partial charge on any atom is -0.296 e. The number of pyridine rings is 1. The lowest BCUT2D eigenvalue weighted by Crippen LogP contribution is -2.26. The molecule has 0 aliphatic heterocycles. The number of tetrazole rings is 1. The monoisotopic (exact) mass is 493 g/mol. The first-order chi connectivity index (χ1) is 18.2. The standard InChI is InChI=1S/C29H31N7O/c1-3-4-12-26-21(2)35(19-17-22-9-6-5-7-10-22)29(37)36(26)20-23-13-15-24(16-14-23)27-25(11-8-18-30-27)28-31-33-34-32-28/h5-11,13-16,18H,3-4,12,17,19-20H2,1-2H3,(H,31,32,33,34). The van der Waals surface area contributed by atoms with Crippen LogP contribution in [-0.4, -0.2) is 34.7 Å². The Labute approximate surface area is 216 Å². The molecule has 0 atom stereocenters. The van der Waals surface area contributed by atoms with E-state index in [9.17, 15) is 4.79 Å². The molecule has 188 valence electrons. The summed E-state index contributed by atoms with van der Waals surface area (Å²) in [6.45, 7) is 5.48. The van der Waals surface area contributed by atoms with Crippen LogP contribution in [0.1, 0.15) is 42.3 Å². The van der Waals surface area contributed by atoms with Crippen LogP contribution in [0, 0.1) is 6.92 Å². The van der Waals surface area contributed by atoms with Crippen molar-refractivity contribution in [2.45, 2.75) is 52.6 Å². The molecular weight excluding hydrogens is 462 g/mol. The molecule has 0 spiro atoms. The molecule has 3 heterocycles. The molecule has 0 saturated carbocycles. The summed E-state index contributed by atoms with van der Waals surface area (Å²) in [6, 6.07) is 22.3. The summed E-state index contributed by atoms with van der Waals surface area (Å²) in [4.78, 5) is 18.1. The highest BCUT2D eigenvalue weighted by Gasteiger charge is 2.17. The van der Waals surface area contributed by atoms with E-state index in [1.54, 1.807) is 6.20 Å². The molecule has 8 nitrogen and oxygen atoms in total. The molecule has 0 aliphatic carbocycles. The van der Waals surface area contributed by atoms with E-state index in [1.165, 1.54) is 5.56 Å². The average Bonchev–Trinajstić information content (AvgIpc) is 3.55. The molecule has 0 unspecified atom stereocenters. The second-order valence-corrected chi connectivity index (χ2v) is 9.22. The molecule has 0 fully saturated rings. The zero-order valence-electron chi connectivity index (χ0n) is 21.3. The Morgan fingerprint density at radius 1 is 0.892 bits per heavy atom. The molecule has 5 aromatic rings. The van der Waals surface area contributed by atoms with Gasteiger partial charge < -0.3 is 0 Å². The molecule has 5 rings (SSSR count). The molecule has 8 heteroatoms. The lowest BCUT2D eigenvalue weighted by Gasteiger charge is -2.10. The van der Waals surface area contributed by atoms with Crippen molar-refractivity contribution in [3.05, 3.63) is 106 Å². The predicted octanol–water partition coefficient (Wildman–Crippen LogP) is 4.83. The maximum Gasteiger partial charge on any atom is 0.328 e. The zero-order valence-corrected chi connectivity index (χ0v) is 21.3. The molecule has 37 heavy (non-hydrogen) atoms. The van der Waals surface area contributed by atoms with Gasteiger partial charge in [-0.2, -0.15) is 5.21 Å². The topological polar surface area (TPSA) is 94.3 Å². The van der Waals surface area contributed by atoms with Gasteiger partial charge in [-0.05, 0) is 54.7 Å². The first-order valence-electron chi connectivity index (χ1n) is 12.8. The van der Waals surface area contributed by atoms with Gasteiger partial charge in [-0.1, -0.05) is 67.9 Å².